The molecule has 3 aromatic carbocycles. The number of nitrogens with zero attached hydrogens (tertiary/aromatic N) is 4. The fraction of sp³-hybridized carbons (Fsp3) is 0.0833. The lowest BCUT2D eigenvalue weighted by Crippen LogP contribution is -2.21. The molecule has 0 fully saturated rings. The van der Waals surface area contributed by atoms with Crippen molar-refractivity contribution < 1.29 is 8.91 Å². The van der Waals surface area contributed by atoms with E-state index in [4.69, 9.17) is 9.51 Å². The van der Waals surface area contributed by atoms with Crippen molar-refractivity contribution in [3.05, 3.63) is 100 Å². The Kier molecular flexibility index (Phi) is 5.28. The number of aromatic nitrogens is 4. The zero-order valence-corrected chi connectivity index (χ0v) is 17.8. The summed E-state index contributed by atoms with van der Waals surface area (Å²) in [5.74, 6) is 0.775. The molecule has 0 radical (unpaired) electrons. The standard InChI is InChI=1S/C24H17FN4O2S/c1-15-6-12-18(13-7-15)29-23(30)19-4-2-3-5-20(19)26-24(29)32-14-21-27-22(31-28-21)16-8-10-17(25)11-9-16/h2-13H,14H2,1H3. The van der Waals surface area contributed by atoms with Crippen LogP contribution < -0.4 is 5.56 Å². The first-order valence-electron chi connectivity index (χ1n) is 9.89. The van der Waals surface area contributed by atoms with E-state index in [2.05, 4.69) is 10.1 Å². The number of aryl methyl sites for hydroxylation is 1. The summed E-state index contributed by atoms with van der Waals surface area (Å²) in [7, 11) is 0. The van der Waals surface area contributed by atoms with Gasteiger partial charge in [-0.15, -0.1) is 0 Å². The van der Waals surface area contributed by atoms with Gasteiger partial charge in [0.1, 0.15) is 5.82 Å². The molecule has 5 rings (SSSR count). The molecule has 0 aliphatic carbocycles. The third-order valence-corrected chi connectivity index (χ3v) is 5.86. The topological polar surface area (TPSA) is 73.8 Å². The predicted octanol–water partition coefficient (Wildman–Crippen LogP) is 5.18. The number of hydrogen-bond acceptors (Lipinski definition) is 6. The van der Waals surface area contributed by atoms with E-state index in [-0.39, 0.29) is 11.4 Å². The summed E-state index contributed by atoms with van der Waals surface area (Å²) in [4.78, 5) is 22.4. The normalized spacial score (nSPS) is 11.2. The van der Waals surface area contributed by atoms with Crippen molar-refractivity contribution in [2.75, 3.05) is 0 Å². The van der Waals surface area contributed by atoms with Gasteiger partial charge in [0.25, 0.3) is 11.4 Å². The summed E-state index contributed by atoms with van der Waals surface area (Å²) in [6, 6.07) is 20.8. The largest absolute Gasteiger partial charge is 0.334 e. The first-order chi connectivity index (χ1) is 15.6. The fourth-order valence-corrected chi connectivity index (χ4v) is 4.14. The lowest BCUT2D eigenvalue weighted by atomic mass is 10.2. The first kappa shape index (κ1) is 20.1. The van der Waals surface area contributed by atoms with Crippen LogP contribution in [0.4, 0.5) is 4.39 Å². The summed E-state index contributed by atoms with van der Waals surface area (Å²) >= 11 is 1.35. The molecule has 2 heterocycles. The molecule has 0 saturated carbocycles. The smallest absolute Gasteiger partial charge is 0.266 e. The molecule has 0 aliphatic rings. The van der Waals surface area contributed by atoms with E-state index in [1.807, 2.05) is 49.4 Å². The number of fused-ring (bicyclic) bond motifs is 1. The predicted molar refractivity (Wildman–Crippen MR) is 121 cm³/mol. The van der Waals surface area contributed by atoms with E-state index in [1.165, 1.54) is 23.9 Å². The molecular weight excluding hydrogens is 427 g/mol. The lowest BCUT2D eigenvalue weighted by Gasteiger charge is -2.13. The van der Waals surface area contributed by atoms with Crippen LogP contribution >= 0.6 is 11.8 Å². The van der Waals surface area contributed by atoms with Crippen molar-refractivity contribution in [2.45, 2.75) is 17.8 Å². The van der Waals surface area contributed by atoms with E-state index in [1.54, 1.807) is 22.8 Å². The number of hydrogen-bond donors (Lipinski definition) is 0. The highest BCUT2D eigenvalue weighted by Gasteiger charge is 2.15. The SMILES string of the molecule is Cc1ccc(-n2c(SCc3noc(-c4ccc(F)cc4)n3)nc3ccccc3c2=O)cc1. The van der Waals surface area contributed by atoms with Crippen molar-refractivity contribution in [1.82, 2.24) is 19.7 Å². The summed E-state index contributed by atoms with van der Waals surface area (Å²) in [5.41, 5.74) is 2.97. The van der Waals surface area contributed by atoms with Gasteiger partial charge in [-0.1, -0.05) is 46.7 Å². The minimum Gasteiger partial charge on any atom is -0.334 e. The van der Waals surface area contributed by atoms with E-state index in [9.17, 15) is 9.18 Å². The summed E-state index contributed by atoms with van der Waals surface area (Å²) < 4.78 is 20.1. The second kappa shape index (κ2) is 8.39. The minimum atomic E-state index is -0.333. The Morgan fingerprint density at radius 3 is 2.50 bits per heavy atom. The van der Waals surface area contributed by atoms with Crippen LogP contribution in [0.25, 0.3) is 28.0 Å². The molecule has 0 bridgehead atoms. The van der Waals surface area contributed by atoms with E-state index in [0.29, 0.717) is 39.1 Å². The van der Waals surface area contributed by atoms with Crippen LogP contribution in [0.15, 0.2) is 87.3 Å². The Hall–Kier alpha value is -3.78. The molecule has 8 heteroatoms. The molecule has 0 unspecified atom stereocenters. The molecule has 0 saturated heterocycles. The lowest BCUT2D eigenvalue weighted by molar-refractivity contribution is 0.425. The van der Waals surface area contributed by atoms with Gasteiger partial charge in [0, 0.05) is 5.56 Å². The van der Waals surface area contributed by atoms with Gasteiger partial charge in [-0.25, -0.2) is 9.37 Å². The molecule has 0 spiro atoms. The molecule has 158 valence electrons. The van der Waals surface area contributed by atoms with Crippen molar-refractivity contribution in [1.29, 1.82) is 0 Å². The monoisotopic (exact) mass is 444 g/mol. The zero-order chi connectivity index (χ0) is 22.1. The van der Waals surface area contributed by atoms with Crippen molar-refractivity contribution in [3.8, 4) is 17.1 Å². The Bertz CT molecular complexity index is 1460. The summed E-state index contributed by atoms with van der Waals surface area (Å²) in [6.45, 7) is 2.00. The van der Waals surface area contributed by atoms with Crippen LogP contribution in [-0.4, -0.2) is 19.7 Å². The third kappa shape index (κ3) is 3.92. The number of para-hydroxylation sites is 1. The molecule has 5 aromatic rings. The molecule has 0 N–H and O–H groups in total. The summed E-state index contributed by atoms with van der Waals surface area (Å²) in [5, 5.41) is 5.10. The van der Waals surface area contributed by atoms with Crippen LogP contribution in [0.5, 0.6) is 0 Å². The molecule has 2 aromatic heterocycles. The fourth-order valence-electron chi connectivity index (χ4n) is 3.28. The zero-order valence-electron chi connectivity index (χ0n) is 17.0. The van der Waals surface area contributed by atoms with Crippen molar-refractivity contribution in [2.24, 2.45) is 0 Å². The van der Waals surface area contributed by atoms with Gasteiger partial charge >= 0.3 is 0 Å². The maximum Gasteiger partial charge on any atom is 0.266 e. The Labute approximate surface area is 186 Å². The van der Waals surface area contributed by atoms with Gasteiger partial charge in [-0.05, 0) is 55.5 Å². The van der Waals surface area contributed by atoms with Crippen LogP contribution in [0, 0.1) is 12.7 Å². The average Bonchev–Trinajstić information content (AvgIpc) is 3.28. The highest BCUT2D eigenvalue weighted by atomic mass is 32.2. The average molecular weight is 444 g/mol. The van der Waals surface area contributed by atoms with Crippen LogP contribution in [-0.2, 0) is 5.75 Å². The van der Waals surface area contributed by atoms with Crippen LogP contribution in [0.2, 0.25) is 0 Å². The van der Waals surface area contributed by atoms with Crippen molar-refractivity contribution in [3.63, 3.8) is 0 Å². The molecule has 6 nitrogen and oxygen atoms in total. The summed E-state index contributed by atoms with van der Waals surface area (Å²) in [6.07, 6.45) is 0. The number of halogens is 1. The Morgan fingerprint density at radius 1 is 0.969 bits per heavy atom. The van der Waals surface area contributed by atoms with Gasteiger partial charge in [0.05, 0.1) is 22.3 Å². The maximum absolute atomic E-state index is 13.3. The van der Waals surface area contributed by atoms with Crippen molar-refractivity contribution >= 4 is 22.7 Å². The number of benzene rings is 3. The van der Waals surface area contributed by atoms with E-state index in [0.717, 1.165) is 11.3 Å². The van der Waals surface area contributed by atoms with Gasteiger partial charge in [-0.3, -0.25) is 9.36 Å². The number of rotatable bonds is 5. The molecule has 0 aliphatic heterocycles. The third-order valence-electron chi connectivity index (χ3n) is 4.93. The van der Waals surface area contributed by atoms with Crippen LogP contribution in [0.1, 0.15) is 11.4 Å². The highest BCUT2D eigenvalue weighted by molar-refractivity contribution is 7.98. The van der Waals surface area contributed by atoms with Gasteiger partial charge < -0.3 is 4.52 Å². The Balaban J connectivity index is 1.50. The van der Waals surface area contributed by atoms with Gasteiger partial charge in [0.15, 0.2) is 11.0 Å². The second-order valence-electron chi connectivity index (χ2n) is 7.20. The van der Waals surface area contributed by atoms with Gasteiger partial charge in [0.2, 0.25) is 0 Å². The van der Waals surface area contributed by atoms with E-state index < -0.39 is 0 Å². The maximum atomic E-state index is 13.3. The quantitative estimate of drug-likeness (QED) is 0.275. The van der Waals surface area contributed by atoms with Crippen LogP contribution in [0.3, 0.4) is 0 Å². The number of thioether (sulfide) groups is 1. The molecule has 0 amide bonds. The molecule has 32 heavy (non-hydrogen) atoms. The molecule has 0 atom stereocenters. The van der Waals surface area contributed by atoms with Gasteiger partial charge in [-0.2, -0.15) is 4.98 Å². The molecular formula is C24H17FN4O2S. The first-order valence-corrected chi connectivity index (χ1v) is 10.9. The Morgan fingerprint density at radius 2 is 1.72 bits per heavy atom. The van der Waals surface area contributed by atoms with E-state index >= 15 is 0 Å². The minimum absolute atomic E-state index is 0.137. The highest BCUT2D eigenvalue weighted by Crippen LogP contribution is 2.25. The second-order valence-corrected chi connectivity index (χ2v) is 8.14.